The maximum absolute atomic E-state index is 12.3. The third kappa shape index (κ3) is 1.95. The second-order valence-electron chi connectivity index (χ2n) is 2.97. The van der Waals surface area contributed by atoms with Gasteiger partial charge in [0.1, 0.15) is 0 Å². The number of aromatic nitrogens is 1. The zero-order valence-electron chi connectivity index (χ0n) is 7.51. The lowest BCUT2D eigenvalue weighted by Crippen LogP contribution is -2.13. The van der Waals surface area contributed by atoms with Gasteiger partial charge in [-0.25, -0.2) is 9.78 Å². The van der Waals surface area contributed by atoms with Gasteiger partial charge in [-0.1, -0.05) is 15.9 Å². The molecule has 0 bridgehead atoms. The van der Waals surface area contributed by atoms with Crippen LogP contribution >= 0.6 is 15.9 Å². The number of halogens is 4. The minimum absolute atomic E-state index is 0.0104. The molecule has 84 valence electrons. The van der Waals surface area contributed by atoms with Crippen LogP contribution in [0.15, 0.2) is 31.9 Å². The van der Waals surface area contributed by atoms with E-state index in [1.54, 1.807) is 0 Å². The molecule has 1 aromatic carbocycles. The summed E-state index contributed by atoms with van der Waals surface area (Å²) in [4.78, 5) is 14.5. The molecular weight excluding hydrogens is 291 g/mol. The predicted octanol–water partition coefficient (Wildman–Crippen LogP) is 2.97. The number of benzene rings is 1. The van der Waals surface area contributed by atoms with Crippen molar-refractivity contribution in [2.45, 2.75) is 6.18 Å². The molecule has 16 heavy (non-hydrogen) atoms. The molecule has 1 aromatic heterocycles. The summed E-state index contributed by atoms with van der Waals surface area (Å²) in [6, 6.07) is 4.19. The summed E-state index contributed by atoms with van der Waals surface area (Å²) < 4.78 is 41.5. The average Bonchev–Trinajstić information content (AvgIpc) is 2.15. The molecule has 0 radical (unpaired) electrons. The van der Waals surface area contributed by atoms with E-state index in [4.69, 9.17) is 0 Å². The lowest BCUT2D eigenvalue weighted by atomic mass is 10.2. The number of fused-ring (bicyclic) bond motifs is 1. The van der Waals surface area contributed by atoms with Gasteiger partial charge in [-0.15, -0.1) is 0 Å². The smallest absolute Gasteiger partial charge is 0.398 e. The van der Waals surface area contributed by atoms with Gasteiger partial charge in [0.2, 0.25) is 0 Å². The van der Waals surface area contributed by atoms with Crippen molar-refractivity contribution >= 4 is 26.8 Å². The number of hydrogen-bond donors (Lipinski definition) is 0. The molecular formula is C9H3BrF3NO2. The van der Waals surface area contributed by atoms with Crippen LogP contribution in [-0.4, -0.2) is 4.98 Å². The fraction of sp³-hybridized carbons (Fsp3) is 0.111. The zero-order valence-corrected chi connectivity index (χ0v) is 9.09. The Morgan fingerprint density at radius 1 is 1.31 bits per heavy atom. The summed E-state index contributed by atoms with van der Waals surface area (Å²) in [6.45, 7) is 0. The van der Waals surface area contributed by atoms with Crippen LogP contribution in [-0.2, 0) is 6.18 Å². The Morgan fingerprint density at radius 3 is 2.62 bits per heavy atom. The molecule has 0 fully saturated rings. The molecule has 0 aliphatic heterocycles. The highest BCUT2D eigenvalue weighted by molar-refractivity contribution is 9.10. The van der Waals surface area contributed by atoms with Crippen molar-refractivity contribution in [2.75, 3.05) is 0 Å². The second kappa shape index (κ2) is 3.58. The fourth-order valence-electron chi connectivity index (χ4n) is 1.17. The van der Waals surface area contributed by atoms with Crippen molar-refractivity contribution in [1.29, 1.82) is 0 Å². The molecule has 0 amide bonds. The molecule has 0 aliphatic rings. The molecule has 3 nitrogen and oxygen atoms in total. The standard InChI is InChI=1S/C9H3BrF3NO2/c10-4-1-2-5-6(3-4)14-8(9(11,12)13)16-7(5)15/h1-3H. The van der Waals surface area contributed by atoms with Crippen LogP contribution < -0.4 is 5.63 Å². The third-order valence-electron chi connectivity index (χ3n) is 1.83. The Kier molecular flexibility index (Phi) is 2.49. The molecule has 0 aliphatic carbocycles. The van der Waals surface area contributed by atoms with Gasteiger partial charge in [-0.3, -0.25) is 0 Å². The highest BCUT2D eigenvalue weighted by Crippen LogP contribution is 2.28. The molecule has 0 saturated carbocycles. The third-order valence-corrected chi connectivity index (χ3v) is 2.33. The van der Waals surface area contributed by atoms with E-state index in [9.17, 15) is 18.0 Å². The van der Waals surface area contributed by atoms with Crippen LogP contribution in [0.25, 0.3) is 10.9 Å². The highest BCUT2D eigenvalue weighted by atomic mass is 79.9. The van der Waals surface area contributed by atoms with Crippen molar-refractivity contribution in [3.8, 4) is 0 Å². The zero-order chi connectivity index (χ0) is 11.9. The van der Waals surface area contributed by atoms with Crippen molar-refractivity contribution in [3.05, 3.63) is 39.0 Å². The maximum Gasteiger partial charge on any atom is 0.469 e. The topological polar surface area (TPSA) is 43.1 Å². The lowest BCUT2D eigenvalue weighted by Gasteiger charge is -2.04. The summed E-state index contributed by atoms with van der Waals surface area (Å²) in [5.74, 6) is -1.54. The monoisotopic (exact) mass is 293 g/mol. The molecule has 0 unspecified atom stereocenters. The van der Waals surface area contributed by atoms with Crippen molar-refractivity contribution in [1.82, 2.24) is 4.98 Å². The van der Waals surface area contributed by atoms with E-state index in [1.165, 1.54) is 18.2 Å². The summed E-state index contributed by atoms with van der Waals surface area (Å²) in [7, 11) is 0. The van der Waals surface area contributed by atoms with Gasteiger partial charge in [0, 0.05) is 4.47 Å². The second-order valence-corrected chi connectivity index (χ2v) is 3.88. The first kappa shape index (κ1) is 11.1. The number of nitrogens with zero attached hydrogens (tertiary/aromatic N) is 1. The first-order valence-electron chi connectivity index (χ1n) is 4.05. The Balaban J connectivity index is 2.80. The Bertz CT molecular complexity index is 606. The first-order chi connectivity index (χ1) is 7.38. The van der Waals surface area contributed by atoms with Crippen LogP contribution in [0, 0.1) is 0 Å². The average molecular weight is 294 g/mol. The molecule has 0 saturated heterocycles. The van der Waals surface area contributed by atoms with Crippen LogP contribution in [0.4, 0.5) is 13.2 Å². The lowest BCUT2D eigenvalue weighted by molar-refractivity contribution is -0.158. The predicted molar refractivity (Wildman–Crippen MR) is 53.0 cm³/mol. The van der Waals surface area contributed by atoms with Gasteiger partial charge < -0.3 is 4.42 Å². The summed E-state index contributed by atoms with van der Waals surface area (Å²) in [5, 5.41) is 0.0104. The Hall–Kier alpha value is -1.37. The summed E-state index contributed by atoms with van der Waals surface area (Å²) in [6.07, 6.45) is -4.77. The quantitative estimate of drug-likeness (QED) is 0.750. The van der Waals surface area contributed by atoms with E-state index in [0.29, 0.717) is 4.47 Å². The molecule has 0 N–H and O–H groups in total. The van der Waals surface area contributed by atoms with Crippen LogP contribution in [0.3, 0.4) is 0 Å². The van der Waals surface area contributed by atoms with Gasteiger partial charge in [0.15, 0.2) is 0 Å². The Morgan fingerprint density at radius 2 is 2.00 bits per heavy atom. The minimum Gasteiger partial charge on any atom is -0.398 e. The van der Waals surface area contributed by atoms with E-state index < -0.39 is 17.7 Å². The number of hydrogen-bond acceptors (Lipinski definition) is 3. The van der Waals surface area contributed by atoms with Gasteiger partial charge in [-0.2, -0.15) is 13.2 Å². The molecule has 1 heterocycles. The minimum atomic E-state index is -4.77. The summed E-state index contributed by atoms with van der Waals surface area (Å²) >= 11 is 3.08. The van der Waals surface area contributed by atoms with E-state index in [1.807, 2.05) is 0 Å². The Labute approximate surface area is 95.0 Å². The summed E-state index contributed by atoms with van der Waals surface area (Å²) in [5.41, 5.74) is -1.11. The van der Waals surface area contributed by atoms with Crippen LogP contribution in [0.1, 0.15) is 5.89 Å². The van der Waals surface area contributed by atoms with Gasteiger partial charge in [0.05, 0.1) is 10.9 Å². The van der Waals surface area contributed by atoms with Gasteiger partial charge in [0.25, 0.3) is 0 Å². The molecule has 2 rings (SSSR count). The number of alkyl halides is 3. The van der Waals surface area contributed by atoms with E-state index >= 15 is 0 Å². The fourth-order valence-corrected chi connectivity index (χ4v) is 1.52. The van der Waals surface area contributed by atoms with Crippen molar-refractivity contribution in [3.63, 3.8) is 0 Å². The van der Waals surface area contributed by atoms with Gasteiger partial charge in [-0.05, 0) is 18.2 Å². The van der Waals surface area contributed by atoms with E-state index in [2.05, 4.69) is 25.3 Å². The molecule has 2 aromatic rings. The van der Waals surface area contributed by atoms with Gasteiger partial charge >= 0.3 is 17.7 Å². The van der Waals surface area contributed by atoms with E-state index in [-0.39, 0.29) is 10.9 Å². The number of rotatable bonds is 0. The maximum atomic E-state index is 12.3. The normalized spacial score (nSPS) is 12.0. The van der Waals surface area contributed by atoms with Crippen molar-refractivity contribution in [2.24, 2.45) is 0 Å². The largest absolute Gasteiger partial charge is 0.469 e. The molecule has 0 spiro atoms. The highest BCUT2D eigenvalue weighted by Gasteiger charge is 2.37. The SMILES string of the molecule is O=c1oc(C(F)(F)F)nc2cc(Br)ccc12. The molecule has 7 heteroatoms. The van der Waals surface area contributed by atoms with Crippen LogP contribution in [0.5, 0.6) is 0 Å². The molecule has 0 atom stereocenters. The van der Waals surface area contributed by atoms with Crippen molar-refractivity contribution < 1.29 is 17.6 Å². The van der Waals surface area contributed by atoms with E-state index in [0.717, 1.165) is 0 Å². The van der Waals surface area contributed by atoms with Crippen LogP contribution in [0.2, 0.25) is 0 Å². The first-order valence-corrected chi connectivity index (χ1v) is 4.85.